The molecular formula is C11H13ClFN. The van der Waals surface area contributed by atoms with Gasteiger partial charge in [-0.2, -0.15) is 0 Å². The van der Waals surface area contributed by atoms with Gasteiger partial charge in [0.15, 0.2) is 0 Å². The quantitative estimate of drug-likeness (QED) is 0.802. The predicted octanol–water partition coefficient (Wildman–Crippen LogP) is 3.28. The molecule has 2 rings (SSSR count). The highest BCUT2D eigenvalue weighted by Gasteiger charge is 2.28. The van der Waals surface area contributed by atoms with Crippen molar-refractivity contribution in [3.63, 3.8) is 0 Å². The van der Waals surface area contributed by atoms with Crippen molar-refractivity contribution in [2.24, 2.45) is 11.7 Å². The van der Waals surface area contributed by atoms with E-state index in [0.717, 1.165) is 12.8 Å². The van der Waals surface area contributed by atoms with E-state index < -0.39 is 0 Å². The van der Waals surface area contributed by atoms with Crippen molar-refractivity contribution < 1.29 is 4.39 Å². The second-order valence-electron chi connectivity index (χ2n) is 3.85. The van der Waals surface area contributed by atoms with Crippen LogP contribution in [0.15, 0.2) is 18.2 Å². The zero-order valence-corrected chi connectivity index (χ0v) is 8.60. The van der Waals surface area contributed by atoms with Crippen molar-refractivity contribution in [3.8, 4) is 0 Å². The number of benzene rings is 1. The number of halogens is 2. The van der Waals surface area contributed by atoms with Crippen LogP contribution in [0.3, 0.4) is 0 Å². The van der Waals surface area contributed by atoms with Crippen LogP contribution in [0.1, 0.15) is 30.9 Å². The Kier molecular flexibility index (Phi) is 2.75. The van der Waals surface area contributed by atoms with Gasteiger partial charge in [0.25, 0.3) is 0 Å². The minimum Gasteiger partial charge on any atom is -0.324 e. The Balaban J connectivity index is 2.29. The van der Waals surface area contributed by atoms with Crippen molar-refractivity contribution in [1.29, 1.82) is 0 Å². The van der Waals surface area contributed by atoms with E-state index in [1.54, 1.807) is 12.1 Å². The van der Waals surface area contributed by atoms with E-state index in [9.17, 15) is 4.39 Å². The first-order valence-electron chi connectivity index (χ1n) is 4.89. The van der Waals surface area contributed by atoms with Crippen molar-refractivity contribution in [2.75, 3.05) is 0 Å². The highest BCUT2D eigenvalue weighted by Crippen LogP contribution is 2.39. The van der Waals surface area contributed by atoms with Gasteiger partial charge in [-0.1, -0.05) is 24.1 Å². The molecular weight excluding hydrogens is 201 g/mol. The summed E-state index contributed by atoms with van der Waals surface area (Å²) >= 11 is 5.93. The van der Waals surface area contributed by atoms with E-state index in [1.807, 2.05) is 0 Å². The fourth-order valence-electron chi connectivity index (χ4n) is 1.86. The molecule has 0 amide bonds. The molecule has 0 radical (unpaired) electrons. The van der Waals surface area contributed by atoms with Gasteiger partial charge in [0.2, 0.25) is 0 Å². The van der Waals surface area contributed by atoms with Gasteiger partial charge < -0.3 is 5.73 Å². The first kappa shape index (κ1) is 9.94. The average molecular weight is 214 g/mol. The van der Waals surface area contributed by atoms with Crippen molar-refractivity contribution in [2.45, 2.75) is 25.3 Å². The van der Waals surface area contributed by atoms with Gasteiger partial charge in [-0.15, -0.1) is 0 Å². The Labute approximate surface area is 88.1 Å². The van der Waals surface area contributed by atoms with E-state index in [0.29, 0.717) is 16.5 Å². The lowest BCUT2D eigenvalue weighted by Crippen LogP contribution is -2.27. The summed E-state index contributed by atoms with van der Waals surface area (Å²) < 4.78 is 13.5. The largest absolute Gasteiger partial charge is 0.324 e. The van der Waals surface area contributed by atoms with E-state index in [4.69, 9.17) is 17.3 Å². The molecule has 0 aromatic heterocycles. The van der Waals surface area contributed by atoms with Crippen LogP contribution in [0.25, 0.3) is 0 Å². The van der Waals surface area contributed by atoms with Crippen molar-refractivity contribution >= 4 is 11.6 Å². The lowest BCUT2D eigenvalue weighted by Gasteiger charge is -2.32. The molecule has 0 spiro atoms. The van der Waals surface area contributed by atoms with Gasteiger partial charge in [0.05, 0.1) is 0 Å². The third kappa shape index (κ3) is 1.64. The maximum atomic E-state index is 13.5. The topological polar surface area (TPSA) is 26.0 Å². The van der Waals surface area contributed by atoms with Crippen LogP contribution in [0.2, 0.25) is 5.02 Å². The minimum atomic E-state index is -0.281. The molecule has 2 N–H and O–H groups in total. The first-order valence-corrected chi connectivity index (χ1v) is 5.27. The highest BCUT2D eigenvalue weighted by atomic mass is 35.5. The molecule has 0 saturated heterocycles. The second-order valence-corrected chi connectivity index (χ2v) is 4.26. The highest BCUT2D eigenvalue weighted by molar-refractivity contribution is 6.31. The molecule has 1 saturated carbocycles. The Morgan fingerprint density at radius 2 is 2.14 bits per heavy atom. The molecule has 0 aliphatic heterocycles. The Morgan fingerprint density at radius 1 is 1.43 bits per heavy atom. The fourth-order valence-corrected chi connectivity index (χ4v) is 2.15. The van der Waals surface area contributed by atoms with Crippen LogP contribution in [-0.2, 0) is 0 Å². The van der Waals surface area contributed by atoms with E-state index in [-0.39, 0.29) is 11.9 Å². The van der Waals surface area contributed by atoms with Gasteiger partial charge in [0, 0.05) is 16.6 Å². The van der Waals surface area contributed by atoms with Gasteiger partial charge in [0.1, 0.15) is 5.82 Å². The van der Waals surface area contributed by atoms with Gasteiger partial charge in [-0.05, 0) is 30.9 Å². The summed E-state index contributed by atoms with van der Waals surface area (Å²) in [6.45, 7) is 0. The van der Waals surface area contributed by atoms with Crippen LogP contribution in [-0.4, -0.2) is 0 Å². The van der Waals surface area contributed by atoms with Crippen LogP contribution >= 0.6 is 11.6 Å². The smallest absolute Gasteiger partial charge is 0.129 e. The molecule has 0 bridgehead atoms. The van der Waals surface area contributed by atoms with E-state index >= 15 is 0 Å². The molecule has 0 heterocycles. The summed E-state index contributed by atoms with van der Waals surface area (Å²) in [5, 5.41) is 0.449. The molecule has 76 valence electrons. The third-order valence-corrected chi connectivity index (χ3v) is 3.32. The molecule has 1 nitrogen and oxygen atoms in total. The van der Waals surface area contributed by atoms with Crippen molar-refractivity contribution in [3.05, 3.63) is 34.6 Å². The molecule has 1 aliphatic rings. The summed E-state index contributed by atoms with van der Waals surface area (Å²) in [6, 6.07) is 4.48. The van der Waals surface area contributed by atoms with Crippen LogP contribution in [0, 0.1) is 11.7 Å². The average Bonchev–Trinajstić information content (AvgIpc) is 2.00. The first-order chi connectivity index (χ1) is 6.70. The number of nitrogens with two attached hydrogens (primary N) is 1. The number of hydrogen-bond acceptors (Lipinski definition) is 1. The zero-order chi connectivity index (χ0) is 10.1. The molecule has 14 heavy (non-hydrogen) atoms. The second kappa shape index (κ2) is 3.87. The molecule has 1 aromatic rings. The van der Waals surface area contributed by atoms with Gasteiger partial charge >= 0.3 is 0 Å². The lowest BCUT2D eigenvalue weighted by molar-refractivity contribution is 0.260. The molecule has 1 fully saturated rings. The molecule has 1 aromatic carbocycles. The number of hydrogen-bond donors (Lipinski definition) is 1. The zero-order valence-electron chi connectivity index (χ0n) is 7.84. The monoisotopic (exact) mass is 213 g/mol. The fraction of sp³-hybridized carbons (Fsp3) is 0.455. The van der Waals surface area contributed by atoms with Gasteiger partial charge in [-0.25, -0.2) is 4.39 Å². The maximum absolute atomic E-state index is 13.5. The molecule has 1 atom stereocenters. The normalized spacial score (nSPS) is 19.1. The third-order valence-electron chi connectivity index (χ3n) is 2.99. The van der Waals surface area contributed by atoms with Crippen LogP contribution < -0.4 is 5.73 Å². The molecule has 3 heteroatoms. The maximum Gasteiger partial charge on any atom is 0.129 e. The summed E-state index contributed by atoms with van der Waals surface area (Å²) in [5.74, 6) is 0.126. The summed E-state index contributed by atoms with van der Waals surface area (Å²) in [4.78, 5) is 0. The predicted molar refractivity (Wildman–Crippen MR) is 55.7 cm³/mol. The molecule has 0 unspecified atom stereocenters. The van der Waals surface area contributed by atoms with Crippen LogP contribution in [0.5, 0.6) is 0 Å². The number of rotatable bonds is 2. The lowest BCUT2D eigenvalue weighted by atomic mass is 9.77. The van der Waals surface area contributed by atoms with E-state index in [2.05, 4.69) is 0 Å². The van der Waals surface area contributed by atoms with Crippen LogP contribution in [0.4, 0.5) is 4.39 Å². The summed E-state index contributed by atoms with van der Waals surface area (Å²) in [5.41, 5.74) is 6.46. The SMILES string of the molecule is N[C@@H](c1c(F)cccc1Cl)C1CCC1. The van der Waals surface area contributed by atoms with Gasteiger partial charge in [-0.3, -0.25) is 0 Å². The Bertz CT molecular complexity index is 316. The summed E-state index contributed by atoms with van der Waals surface area (Å²) in [7, 11) is 0. The summed E-state index contributed by atoms with van der Waals surface area (Å²) in [6.07, 6.45) is 3.38. The Hall–Kier alpha value is -0.600. The standard InChI is InChI=1S/C11H13ClFN/c12-8-5-2-6-9(13)10(8)11(14)7-3-1-4-7/h2,5-7,11H,1,3-4,14H2/t11-/m1/s1. The molecule has 1 aliphatic carbocycles. The Morgan fingerprint density at radius 3 is 2.64 bits per heavy atom. The van der Waals surface area contributed by atoms with Crippen molar-refractivity contribution in [1.82, 2.24) is 0 Å². The van der Waals surface area contributed by atoms with E-state index in [1.165, 1.54) is 12.5 Å². The minimum absolute atomic E-state index is 0.238.